The Morgan fingerprint density at radius 1 is 1.36 bits per heavy atom. The number of alkyl carbamates (subject to hydrolysis) is 1. The van der Waals surface area contributed by atoms with Gasteiger partial charge in [0.25, 0.3) is 0 Å². The van der Waals surface area contributed by atoms with E-state index in [1.54, 1.807) is 32.9 Å². The molecule has 1 amide bonds. The van der Waals surface area contributed by atoms with Crippen LogP contribution in [0.1, 0.15) is 26.3 Å². The van der Waals surface area contributed by atoms with Crippen LogP contribution in [0.15, 0.2) is 22.7 Å². The average Bonchev–Trinajstić information content (AvgIpc) is 2.37. The molecule has 0 saturated carbocycles. The Labute approximate surface area is 143 Å². The summed E-state index contributed by atoms with van der Waals surface area (Å²) in [5.41, 5.74) is 0.0661. The highest BCUT2D eigenvalue weighted by molar-refractivity contribution is 9.10. The Morgan fingerprint density at radius 2 is 2.00 bits per heavy atom. The predicted molar refractivity (Wildman–Crippen MR) is 88.0 cm³/mol. The number of esters is 1. The van der Waals surface area contributed by atoms with E-state index in [1.807, 2.05) is 6.07 Å². The van der Waals surface area contributed by atoms with E-state index in [-0.39, 0.29) is 6.42 Å². The van der Waals surface area contributed by atoms with Crippen molar-refractivity contribution in [2.45, 2.75) is 38.8 Å². The van der Waals surface area contributed by atoms with Crippen LogP contribution in [0.4, 0.5) is 4.79 Å². The Morgan fingerprint density at radius 3 is 2.50 bits per heavy atom. The first-order valence-electron chi connectivity index (χ1n) is 6.63. The SMILES string of the molecule is COC(=O)[C@H](Cc1ccc(Br)cc1Cl)NC(=O)OC(C)(C)C. The zero-order valence-corrected chi connectivity index (χ0v) is 15.2. The van der Waals surface area contributed by atoms with Crippen LogP contribution in [-0.2, 0) is 20.7 Å². The molecule has 0 heterocycles. The lowest BCUT2D eigenvalue weighted by Crippen LogP contribution is -2.45. The number of hydrogen-bond acceptors (Lipinski definition) is 4. The number of halogens is 2. The summed E-state index contributed by atoms with van der Waals surface area (Å²) in [6.07, 6.45) is -0.478. The van der Waals surface area contributed by atoms with Gasteiger partial charge in [0.2, 0.25) is 0 Å². The summed E-state index contributed by atoms with van der Waals surface area (Å²) in [5.74, 6) is -0.565. The van der Waals surface area contributed by atoms with Gasteiger partial charge in [0.15, 0.2) is 0 Å². The van der Waals surface area contributed by atoms with Crippen LogP contribution < -0.4 is 5.32 Å². The lowest BCUT2D eigenvalue weighted by molar-refractivity contribution is -0.143. The molecule has 1 rings (SSSR count). The molecule has 5 nitrogen and oxygen atoms in total. The number of benzene rings is 1. The van der Waals surface area contributed by atoms with Crippen LogP contribution in [0.25, 0.3) is 0 Å². The van der Waals surface area contributed by atoms with Crippen molar-refractivity contribution in [3.8, 4) is 0 Å². The fourth-order valence-electron chi connectivity index (χ4n) is 1.69. The second kappa shape index (κ2) is 7.83. The molecule has 0 radical (unpaired) electrons. The summed E-state index contributed by atoms with van der Waals surface area (Å²) in [6.45, 7) is 5.22. The van der Waals surface area contributed by atoms with Crippen LogP contribution in [0.3, 0.4) is 0 Å². The molecule has 0 aliphatic heterocycles. The Balaban J connectivity index is 2.85. The lowest BCUT2D eigenvalue weighted by Gasteiger charge is -2.22. The largest absolute Gasteiger partial charge is 0.467 e. The standard InChI is InChI=1S/C15H19BrClNO4/c1-15(2,3)22-14(20)18-12(13(19)21-4)7-9-5-6-10(16)8-11(9)17/h5-6,8,12H,7H2,1-4H3,(H,18,20)/t12-/m0/s1. The van der Waals surface area contributed by atoms with Gasteiger partial charge in [-0.1, -0.05) is 33.6 Å². The number of carbonyl (C=O) groups excluding carboxylic acids is 2. The van der Waals surface area contributed by atoms with Gasteiger partial charge in [-0.15, -0.1) is 0 Å². The maximum Gasteiger partial charge on any atom is 0.408 e. The van der Waals surface area contributed by atoms with Gasteiger partial charge < -0.3 is 14.8 Å². The maximum absolute atomic E-state index is 11.9. The molecule has 0 bridgehead atoms. The first-order chi connectivity index (χ1) is 10.1. The number of hydrogen-bond donors (Lipinski definition) is 1. The van der Waals surface area contributed by atoms with E-state index >= 15 is 0 Å². The van der Waals surface area contributed by atoms with Gasteiger partial charge in [0, 0.05) is 15.9 Å². The van der Waals surface area contributed by atoms with Crippen molar-refractivity contribution in [3.63, 3.8) is 0 Å². The first kappa shape index (κ1) is 18.8. The van der Waals surface area contributed by atoms with Crippen molar-refractivity contribution < 1.29 is 19.1 Å². The quantitative estimate of drug-likeness (QED) is 0.793. The molecule has 0 unspecified atom stereocenters. The average molecular weight is 393 g/mol. The number of amides is 1. The van der Waals surface area contributed by atoms with Crippen LogP contribution >= 0.6 is 27.5 Å². The van der Waals surface area contributed by atoms with Crippen molar-refractivity contribution in [1.82, 2.24) is 5.32 Å². The van der Waals surface area contributed by atoms with Crippen LogP contribution in [0, 0.1) is 0 Å². The smallest absolute Gasteiger partial charge is 0.408 e. The van der Waals surface area contributed by atoms with Crippen LogP contribution in [0.2, 0.25) is 5.02 Å². The number of rotatable bonds is 4. The monoisotopic (exact) mass is 391 g/mol. The number of ether oxygens (including phenoxy) is 2. The molecule has 122 valence electrons. The predicted octanol–water partition coefficient (Wildman–Crippen LogP) is 3.71. The number of carbonyl (C=O) groups is 2. The minimum atomic E-state index is -0.876. The normalized spacial score (nSPS) is 12.5. The van der Waals surface area contributed by atoms with E-state index < -0.39 is 23.7 Å². The molecule has 1 atom stereocenters. The fourth-order valence-corrected chi connectivity index (χ4v) is 2.44. The molecule has 1 aromatic rings. The molecule has 0 fully saturated rings. The minimum Gasteiger partial charge on any atom is -0.467 e. The summed E-state index contributed by atoms with van der Waals surface area (Å²) in [4.78, 5) is 23.7. The number of nitrogens with one attached hydrogen (secondary N) is 1. The van der Waals surface area contributed by atoms with Gasteiger partial charge in [0.05, 0.1) is 7.11 Å². The third kappa shape index (κ3) is 6.23. The van der Waals surface area contributed by atoms with Gasteiger partial charge in [0.1, 0.15) is 11.6 Å². The van der Waals surface area contributed by atoms with Crippen LogP contribution in [0.5, 0.6) is 0 Å². The molecule has 0 aliphatic carbocycles. The zero-order valence-electron chi connectivity index (χ0n) is 12.9. The molecule has 7 heteroatoms. The topological polar surface area (TPSA) is 64.6 Å². The van der Waals surface area contributed by atoms with Crippen molar-refractivity contribution in [1.29, 1.82) is 0 Å². The molecule has 1 N–H and O–H groups in total. The van der Waals surface area contributed by atoms with Gasteiger partial charge >= 0.3 is 12.1 Å². The van der Waals surface area contributed by atoms with Gasteiger partial charge in [-0.2, -0.15) is 0 Å². The third-order valence-corrected chi connectivity index (χ3v) is 3.46. The maximum atomic E-state index is 11.9. The molecule has 1 aromatic carbocycles. The van der Waals surface area contributed by atoms with Gasteiger partial charge in [-0.3, -0.25) is 0 Å². The molecule has 0 saturated heterocycles. The molecular formula is C15H19BrClNO4. The summed E-state index contributed by atoms with van der Waals surface area (Å²) in [5, 5.41) is 3.00. The van der Waals surface area contributed by atoms with Crippen molar-refractivity contribution in [2.75, 3.05) is 7.11 Å². The third-order valence-electron chi connectivity index (χ3n) is 2.62. The van der Waals surface area contributed by atoms with E-state index in [4.69, 9.17) is 21.1 Å². The first-order valence-corrected chi connectivity index (χ1v) is 7.80. The van der Waals surface area contributed by atoms with E-state index in [9.17, 15) is 9.59 Å². The Hall–Kier alpha value is -1.27. The molecule has 0 aliphatic rings. The summed E-state index contributed by atoms with van der Waals surface area (Å²) < 4.78 is 10.7. The molecular weight excluding hydrogens is 374 g/mol. The highest BCUT2D eigenvalue weighted by atomic mass is 79.9. The fraction of sp³-hybridized carbons (Fsp3) is 0.467. The van der Waals surface area contributed by atoms with Gasteiger partial charge in [-0.05, 0) is 38.5 Å². The van der Waals surface area contributed by atoms with Crippen molar-refractivity contribution in [3.05, 3.63) is 33.3 Å². The second-order valence-electron chi connectivity index (χ2n) is 5.66. The molecule has 0 aromatic heterocycles. The second-order valence-corrected chi connectivity index (χ2v) is 6.98. The highest BCUT2D eigenvalue weighted by Gasteiger charge is 2.25. The van der Waals surface area contributed by atoms with E-state index in [0.29, 0.717) is 5.02 Å². The van der Waals surface area contributed by atoms with E-state index in [2.05, 4.69) is 21.2 Å². The summed E-state index contributed by atoms with van der Waals surface area (Å²) >= 11 is 9.45. The highest BCUT2D eigenvalue weighted by Crippen LogP contribution is 2.22. The minimum absolute atomic E-state index is 0.206. The number of methoxy groups -OCH3 is 1. The zero-order chi connectivity index (χ0) is 16.9. The van der Waals surface area contributed by atoms with E-state index in [0.717, 1.165) is 10.0 Å². The van der Waals surface area contributed by atoms with E-state index in [1.165, 1.54) is 7.11 Å². The van der Waals surface area contributed by atoms with Crippen molar-refractivity contribution in [2.24, 2.45) is 0 Å². The molecule has 0 spiro atoms. The summed E-state index contributed by atoms with van der Waals surface area (Å²) in [7, 11) is 1.26. The molecule has 22 heavy (non-hydrogen) atoms. The van der Waals surface area contributed by atoms with Gasteiger partial charge in [-0.25, -0.2) is 9.59 Å². The van der Waals surface area contributed by atoms with Crippen LogP contribution in [-0.4, -0.2) is 30.8 Å². The Kier molecular flexibility index (Phi) is 6.68. The summed E-state index contributed by atoms with van der Waals surface area (Å²) in [6, 6.07) is 4.43. The lowest BCUT2D eigenvalue weighted by atomic mass is 10.1. The van der Waals surface area contributed by atoms with Crippen molar-refractivity contribution >= 4 is 39.6 Å². The Bertz CT molecular complexity index is 557.